The summed E-state index contributed by atoms with van der Waals surface area (Å²) in [7, 11) is -2.89. The van der Waals surface area contributed by atoms with Crippen molar-refractivity contribution in [1.82, 2.24) is 5.32 Å². The summed E-state index contributed by atoms with van der Waals surface area (Å²) >= 11 is 0. The number of rotatable bonds is 4. The Morgan fingerprint density at radius 3 is 2.71 bits per heavy atom. The van der Waals surface area contributed by atoms with E-state index in [2.05, 4.69) is 5.32 Å². The first-order valence-corrected chi connectivity index (χ1v) is 7.02. The molecule has 0 aromatic carbocycles. The summed E-state index contributed by atoms with van der Waals surface area (Å²) < 4.78 is 22.7. The van der Waals surface area contributed by atoms with Gasteiger partial charge < -0.3 is 10.4 Å². The molecule has 0 aromatic heterocycles. The van der Waals surface area contributed by atoms with Crippen LogP contribution in [0.3, 0.4) is 0 Å². The van der Waals surface area contributed by atoms with Crippen LogP contribution in [0.2, 0.25) is 0 Å². The summed E-state index contributed by atoms with van der Waals surface area (Å²) in [6.45, 7) is 0.668. The zero-order valence-electron chi connectivity index (χ0n) is 8.57. The van der Waals surface area contributed by atoms with Crippen molar-refractivity contribution >= 4 is 9.84 Å². The fourth-order valence-corrected chi connectivity index (χ4v) is 3.16. The molecular formula is C9H19NO3S. The van der Waals surface area contributed by atoms with Crippen molar-refractivity contribution in [3.63, 3.8) is 0 Å². The van der Waals surface area contributed by atoms with Gasteiger partial charge in [0.05, 0.1) is 11.9 Å². The minimum absolute atomic E-state index is 0.111. The van der Waals surface area contributed by atoms with E-state index in [0.717, 1.165) is 19.3 Å². The molecule has 0 aromatic rings. The number of aliphatic hydroxyl groups is 1. The van der Waals surface area contributed by atoms with Gasteiger partial charge in [-0.2, -0.15) is 0 Å². The van der Waals surface area contributed by atoms with Gasteiger partial charge in [-0.15, -0.1) is 0 Å². The van der Waals surface area contributed by atoms with Crippen LogP contribution in [0.5, 0.6) is 0 Å². The molecule has 2 atom stereocenters. The van der Waals surface area contributed by atoms with Crippen molar-refractivity contribution in [2.75, 3.05) is 19.4 Å². The highest BCUT2D eigenvalue weighted by Crippen LogP contribution is 2.23. The van der Waals surface area contributed by atoms with E-state index < -0.39 is 9.84 Å². The molecule has 0 amide bonds. The van der Waals surface area contributed by atoms with Gasteiger partial charge in [0.2, 0.25) is 0 Å². The first kappa shape index (κ1) is 11.9. The molecule has 0 saturated heterocycles. The molecule has 1 aliphatic rings. The SMILES string of the molecule is CS(=O)(=O)C1CCCC(NCCO)C1. The van der Waals surface area contributed by atoms with E-state index in [9.17, 15) is 8.42 Å². The van der Waals surface area contributed by atoms with Gasteiger partial charge in [0.15, 0.2) is 0 Å². The summed E-state index contributed by atoms with van der Waals surface area (Å²) in [5, 5.41) is 11.6. The second-order valence-electron chi connectivity index (χ2n) is 3.99. The van der Waals surface area contributed by atoms with Crippen molar-refractivity contribution in [3.05, 3.63) is 0 Å². The zero-order chi connectivity index (χ0) is 10.6. The highest BCUT2D eigenvalue weighted by molar-refractivity contribution is 7.91. The summed E-state index contributed by atoms with van der Waals surface area (Å²) in [5.74, 6) is 0. The second-order valence-corrected chi connectivity index (χ2v) is 6.32. The molecule has 2 unspecified atom stereocenters. The van der Waals surface area contributed by atoms with Crippen LogP contribution < -0.4 is 5.32 Å². The largest absolute Gasteiger partial charge is 0.395 e. The van der Waals surface area contributed by atoms with Crippen molar-refractivity contribution in [2.45, 2.75) is 37.0 Å². The van der Waals surface area contributed by atoms with E-state index in [0.29, 0.717) is 13.0 Å². The quantitative estimate of drug-likeness (QED) is 0.697. The van der Waals surface area contributed by atoms with Gasteiger partial charge in [0, 0.05) is 18.8 Å². The molecule has 0 aliphatic heterocycles. The number of hydrogen-bond acceptors (Lipinski definition) is 4. The Bertz CT molecular complexity index is 263. The molecule has 2 N–H and O–H groups in total. The fraction of sp³-hybridized carbons (Fsp3) is 1.00. The smallest absolute Gasteiger partial charge is 0.150 e. The van der Waals surface area contributed by atoms with Crippen LogP contribution in [0.4, 0.5) is 0 Å². The van der Waals surface area contributed by atoms with Gasteiger partial charge in [0.1, 0.15) is 9.84 Å². The molecule has 0 bridgehead atoms. The molecule has 84 valence electrons. The predicted molar refractivity (Wildman–Crippen MR) is 56.0 cm³/mol. The number of aliphatic hydroxyl groups excluding tert-OH is 1. The zero-order valence-corrected chi connectivity index (χ0v) is 9.39. The lowest BCUT2D eigenvalue weighted by molar-refractivity contribution is 0.272. The highest BCUT2D eigenvalue weighted by Gasteiger charge is 2.28. The number of hydrogen-bond donors (Lipinski definition) is 2. The molecule has 0 radical (unpaired) electrons. The van der Waals surface area contributed by atoms with E-state index in [1.54, 1.807) is 0 Å². The lowest BCUT2D eigenvalue weighted by Gasteiger charge is -2.28. The fourth-order valence-electron chi connectivity index (χ4n) is 1.99. The monoisotopic (exact) mass is 221 g/mol. The van der Waals surface area contributed by atoms with Gasteiger partial charge in [-0.25, -0.2) is 8.42 Å². The molecular weight excluding hydrogens is 202 g/mol. The second kappa shape index (κ2) is 5.09. The third kappa shape index (κ3) is 3.55. The average Bonchev–Trinajstić information content (AvgIpc) is 2.14. The number of nitrogens with one attached hydrogen (secondary N) is 1. The van der Waals surface area contributed by atoms with Crippen LogP contribution in [0.1, 0.15) is 25.7 Å². The molecule has 0 heterocycles. The van der Waals surface area contributed by atoms with Crippen LogP contribution in [-0.2, 0) is 9.84 Å². The van der Waals surface area contributed by atoms with Crippen molar-refractivity contribution in [2.24, 2.45) is 0 Å². The predicted octanol–water partition coefficient (Wildman–Crippen LogP) is -0.0759. The minimum Gasteiger partial charge on any atom is -0.395 e. The van der Waals surface area contributed by atoms with Crippen molar-refractivity contribution in [3.8, 4) is 0 Å². The summed E-state index contributed by atoms with van der Waals surface area (Å²) in [6.07, 6.45) is 4.77. The standard InChI is InChI=1S/C9H19NO3S/c1-14(12,13)9-4-2-3-8(7-9)10-5-6-11/h8-11H,2-7H2,1H3. The van der Waals surface area contributed by atoms with Crippen LogP contribution in [0.25, 0.3) is 0 Å². The van der Waals surface area contributed by atoms with E-state index >= 15 is 0 Å². The Balaban J connectivity index is 2.44. The normalized spacial score (nSPS) is 29.0. The molecule has 1 saturated carbocycles. The van der Waals surface area contributed by atoms with E-state index in [1.165, 1.54) is 6.26 Å². The molecule has 5 heteroatoms. The maximum absolute atomic E-state index is 11.3. The van der Waals surface area contributed by atoms with Crippen molar-refractivity contribution < 1.29 is 13.5 Å². The molecule has 14 heavy (non-hydrogen) atoms. The van der Waals surface area contributed by atoms with Crippen LogP contribution in [-0.4, -0.2) is 44.2 Å². The lowest BCUT2D eigenvalue weighted by atomic mass is 9.95. The first-order chi connectivity index (χ1) is 6.54. The summed E-state index contributed by atoms with van der Waals surface area (Å²) in [5.41, 5.74) is 0. The summed E-state index contributed by atoms with van der Waals surface area (Å²) in [6, 6.07) is 0.260. The van der Waals surface area contributed by atoms with Gasteiger partial charge in [-0.1, -0.05) is 6.42 Å². The Morgan fingerprint density at radius 2 is 2.14 bits per heavy atom. The highest BCUT2D eigenvalue weighted by atomic mass is 32.2. The van der Waals surface area contributed by atoms with Gasteiger partial charge in [0.25, 0.3) is 0 Å². The van der Waals surface area contributed by atoms with Gasteiger partial charge in [-0.3, -0.25) is 0 Å². The van der Waals surface area contributed by atoms with Crippen LogP contribution in [0.15, 0.2) is 0 Å². The molecule has 4 nitrogen and oxygen atoms in total. The molecule has 1 rings (SSSR count). The number of sulfone groups is 1. The maximum Gasteiger partial charge on any atom is 0.150 e. The van der Waals surface area contributed by atoms with Crippen LogP contribution >= 0.6 is 0 Å². The van der Waals surface area contributed by atoms with Gasteiger partial charge >= 0.3 is 0 Å². The first-order valence-electron chi connectivity index (χ1n) is 5.07. The Labute approximate surface area is 85.6 Å². The Morgan fingerprint density at radius 1 is 1.43 bits per heavy atom. The molecule has 1 aliphatic carbocycles. The van der Waals surface area contributed by atoms with Gasteiger partial charge in [-0.05, 0) is 19.3 Å². The Hall–Kier alpha value is -0.130. The lowest BCUT2D eigenvalue weighted by Crippen LogP contribution is -2.39. The molecule has 1 fully saturated rings. The average molecular weight is 221 g/mol. The minimum atomic E-state index is -2.89. The third-order valence-electron chi connectivity index (χ3n) is 2.78. The van der Waals surface area contributed by atoms with Crippen molar-refractivity contribution in [1.29, 1.82) is 0 Å². The van der Waals surface area contributed by atoms with E-state index in [4.69, 9.17) is 5.11 Å². The topological polar surface area (TPSA) is 66.4 Å². The van der Waals surface area contributed by atoms with E-state index in [1.807, 2.05) is 0 Å². The molecule has 0 spiro atoms. The van der Waals surface area contributed by atoms with Crippen LogP contribution in [0, 0.1) is 0 Å². The van der Waals surface area contributed by atoms with E-state index in [-0.39, 0.29) is 17.9 Å². The Kier molecular flexibility index (Phi) is 4.34. The summed E-state index contributed by atoms with van der Waals surface area (Å²) in [4.78, 5) is 0. The maximum atomic E-state index is 11.3. The third-order valence-corrected chi connectivity index (χ3v) is 4.42.